The third kappa shape index (κ3) is 1.50. The van der Waals surface area contributed by atoms with Crippen molar-refractivity contribution in [2.24, 2.45) is 7.05 Å². The van der Waals surface area contributed by atoms with E-state index in [1.54, 1.807) is 0 Å². The summed E-state index contributed by atoms with van der Waals surface area (Å²) < 4.78 is 1.93. The fraction of sp³-hybridized carbons (Fsp3) is 0.667. The summed E-state index contributed by atoms with van der Waals surface area (Å²) in [5.74, 6) is 0. The summed E-state index contributed by atoms with van der Waals surface area (Å²) in [4.78, 5) is 0. The number of hydrogen-bond acceptors (Lipinski definition) is 2. The van der Waals surface area contributed by atoms with E-state index in [4.69, 9.17) is 0 Å². The molecule has 0 aromatic carbocycles. The molecular formula is C9H15N3. The summed E-state index contributed by atoms with van der Waals surface area (Å²) in [5, 5.41) is 7.68. The minimum Gasteiger partial charge on any atom is -0.306 e. The van der Waals surface area contributed by atoms with Crippen LogP contribution in [0, 0.1) is 0 Å². The zero-order valence-corrected chi connectivity index (χ0v) is 7.62. The van der Waals surface area contributed by atoms with Crippen molar-refractivity contribution in [2.75, 3.05) is 0 Å². The molecule has 3 nitrogen and oxygen atoms in total. The van der Waals surface area contributed by atoms with Crippen LogP contribution in [0.3, 0.4) is 0 Å². The standard InChI is InChI=1S/C9H15N3/c1-7(11-8-3-4-8)9-5-6-10-12(9)2/h5-8,11H,3-4H2,1-2H3. The zero-order chi connectivity index (χ0) is 8.55. The van der Waals surface area contributed by atoms with Gasteiger partial charge in [0.05, 0.1) is 5.69 Å². The monoisotopic (exact) mass is 165 g/mol. The summed E-state index contributed by atoms with van der Waals surface area (Å²) >= 11 is 0. The lowest BCUT2D eigenvalue weighted by Gasteiger charge is -2.12. The lowest BCUT2D eigenvalue weighted by molar-refractivity contribution is 0.527. The van der Waals surface area contributed by atoms with Crippen LogP contribution >= 0.6 is 0 Å². The molecule has 0 aliphatic heterocycles. The van der Waals surface area contributed by atoms with Crippen LogP contribution in [-0.4, -0.2) is 15.8 Å². The van der Waals surface area contributed by atoms with Crippen LogP contribution in [0.15, 0.2) is 12.3 Å². The van der Waals surface area contributed by atoms with E-state index in [9.17, 15) is 0 Å². The summed E-state index contributed by atoms with van der Waals surface area (Å²) in [7, 11) is 1.99. The second-order valence-corrected chi connectivity index (χ2v) is 3.54. The van der Waals surface area contributed by atoms with Crippen molar-refractivity contribution in [2.45, 2.75) is 31.8 Å². The number of rotatable bonds is 3. The highest BCUT2D eigenvalue weighted by Gasteiger charge is 2.23. The van der Waals surface area contributed by atoms with Crippen LogP contribution in [0.4, 0.5) is 0 Å². The van der Waals surface area contributed by atoms with Gasteiger partial charge in [-0.15, -0.1) is 0 Å². The second-order valence-electron chi connectivity index (χ2n) is 3.54. The molecule has 66 valence electrons. The van der Waals surface area contributed by atoms with Gasteiger partial charge in [0.25, 0.3) is 0 Å². The van der Waals surface area contributed by atoms with Gasteiger partial charge in [0.2, 0.25) is 0 Å². The Kier molecular flexibility index (Phi) is 1.89. The van der Waals surface area contributed by atoms with E-state index in [2.05, 4.69) is 23.4 Å². The predicted molar refractivity (Wildman–Crippen MR) is 47.8 cm³/mol. The predicted octanol–water partition coefficient (Wildman–Crippen LogP) is 1.23. The molecule has 0 saturated heterocycles. The SMILES string of the molecule is CC(NC1CC1)c1ccnn1C. The minimum absolute atomic E-state index is 0.435. The third-order valence-corrected chi connectivity index (χ3v) is 2.37. The lowest BCUT2D eigenvalue weighted by Crippen LogP contribution is -2.22. The van der Waals surface area contributed by atoms with Gasteiger partial charge in [-0.3, -0.25) is 4.68 Å². The Morgan fingerprint density at radius 3 is 2.92 bits per heavy atom. The van der Waals surface area contributed by atoms with Crippen LogP contribution < -0.4 is 5.32 Å². The quantitative estimate of drug-likeness (QED) is 0.730. The van der Waals surface area contributed by atoms with E-state index >= 15 is 0 Å². The molecule has 1 aliphatic carbocycles. The Bertz CT molecular complexity index is 262. The first-order valence-corrected chi connectivity index (χ1v) is 4.51. The van der Waals surface area contributed by atoms with Gasteiger partial charge in [0, 0.05) is 25.3 Å². The maximum Gasteiger partial charge on any atom is 0.0547 e. The van der Waals surface area contributed by atoms with Gasteiger partial charge in [0.1, 0.15) is 0 Å². The van der Waals surface area contributed by atoms with E-state index in [1.807, 2.05) is 17.9 Å². The molecule has 1 aromatic heterocycles. The first-order valence-electron chi connectivity index (χ1n) is 4.51. The molecule has 1 unspecified atom stereocenters. The molecule has 12 heavy (non-hydrogen) atoms. The minimum atomic E-state index is 0.435. The van der Waals surface area contributed by atoms with E-state index < -0.39 is 0 Å². The van der Waals surface area contributed by atoms with Crippen LogP contribution in [0.5, 0.6) is 0 Å². The Morgan fingerprint density at radius 1 is 1.67 bits per heavy atom. The third-order valence-electron chi connectivity index (χ3n) is 2.37. The summed E-state index contributed by atoms with van der Waals surface area (Å²) in [6, 6.07) is 3.26. The van der Waals surface area contributed by atoms with Crippen molar-refractivity contribution in [3.63, 3.8) is 0 Å². The lowest BCUT2D eigenvalue weighted by atomic mass is 10.2. The van der Waals surface area contributed by atoms with Crippen LogP contribution in [-0.2, 0) is 7.05 Å². The largest absolute Gasteiger partial charge is 0.306 e. The fourth-order valence-corrected chi connectivity index (χ4v) is 1.50. The molecule has 0 spiro atoms. The number of nitrogens with one attached hydrogen (secondary N) is 1. The Morgan fingerprint density at radius 2 is 2.42 bits per heavy atom. The van der Waals surface area contributed by atoms with Gasteiger partial charge >= 0.3 is 0 Å². The molecular weight excluding hydrogens is 150 g/mol. The molecule has 1 aromatic rings. The molecule has 1 atom stereocenters. The van der Waals surface area contributed by atoms with Gasteiger partial charge in [-0.1, -0.05) is 0 Å². The van der Waals surface area contributed by atoms with Crippen molar-refractivity contribution in [3.8, 4) is 0 Å². The smallest absolute Gasteiger partial charge is 0.0547 e. The van der Waals surface area contributed by atoms with Gasteiger partial charge in [-0.25, -0.2) is 0 Å². The molecule has 3 heteroatoms. The average molecular weight is 165 g/mol. The summed E-state index contributed by atoms with van der Waals surface area (Å²) in [5.41, 5.74) is 1.27. The number of nitrogens with zero attached hydrogens (tertiary/aromatic N) is 2. The molecule has 0 bridgehead atoms. The fourth-order valence-electron chi connectivity index (χ4n) is 1.50. The number of aromatic nitrogens is 2. The number of aryl methyl sites for hydroxylation is 1. The second kappa shape index (κ2) is 2.90. The van der Waals surface area contributed by atoms with Crippen molar-refractivity contribution in [3.05, 3.63) is 18.0 Å². The van der Waals surface area contributed by atoms with Gasteiger partial charge in [-0.05, 0) is 25.8 Å². The highest BCUT2D eigenvalue weighted by molar-refractivity contribution is 5.06. The van der Waals surface area contributed by atoms with Crippen LogP contribution in [0.1, 0.15) is 31.5 Å². The molecule has 0 radical (unpaired) electrons. The maximum atomic E-state index is 4.14. The average Bonchev–Trinajstić information content (AvgIpc) is 2.72. The Balaban J connectivity index is 2.02. The van der Waals surface area contributed by atoms with E-state index in [1.165, 1.54) is 18.5 Å². The highest BCUT2D eigenvalue weighted by Crippen LogP contribution is 2.23. The molecule has 1 fully saturated rings. The van der Waals surface area contributed by atoms with E-state index in [0.717, 1.165) is 6.04 Å². The van der Waals surface area contributed by atoms with E-state index in [-0.39, 0.29) is 0 Å². The van der Waals surface area contributed by atoms with Crippen molar-refractivity contribution >= 4 is 0 Å². The molecule has 1 heterocycles. The topological polar surface area (TPSA) is 29.9 Å². The van der Waals surface area contributed by atoms with Gasteiger partial charge < -0.3 is 5.32 Å². The molecule has 1 N–H and O–H groups in total. The molecule has 1 aliphatic rings. The number of hydrogen-bond donors (Lipinski definition) is 1. The molecule has 0 amide bonds. The first-order chi connectivity index (χ1) is 5.77. The maximum absolute atomic E-state index is 4.14. The normalized spacial score (nSPS) is 19.5. The first kappa shape index (κ1) is 7.80. The summed E-state index contributed by atoms with van der Waals surface area (Å²) in [6.45, 7) is 2.19. The van der Waals surface area contributed by atoms with Crippen LogP contribution in [0.25, 0.3) is 0 Å². The zero-order valence-electron chi connectivity index (χ0n) is 7.62. The van der Waals surface area contributed by atoms with E-state index in [0.29, 0.717) is 6.04 Å². The van der Waals surface area contributed by atoms with Gasteiger partial charge in [-0.2, -0.15) is 5.10 Å². The van der Waals surface area contributed by atoms with Gasteiger partial charge in [0.15, 0.2) is 0 Å². The van der Waals surface area contributed by atoms with Crippen molar-refractivity contribution in [1.29, 1.82) is 0 Å². The van der Waals surface area contributed by atoms with Crippen molar-refractivity contribution in [1.82, 2.24) is 15.1 Å². The van der Waals surface area contributed by atoms with Crippen LogP contribution in [0.2, 0.25) is 0 Å². The molecule has 2 rings (SSSR count). The highest BCUT2D eigenvalue weighted by atomic mass is 15.3. The molecule has 1 saturated carbocycles. The Hall–Kier alpha value is -0.830. The Labute approximate surface area is 72.8 Å². The summed E-state index contributed by atoms with van der Waals surface area (Å²) in [6.07, 6.45) is 4.52. The van der Waals surface area contributed by atoms with Crippen molar-refractivity contribution < 1.29 is 0 Å².